The smallest absolute Gasteiger partial charge is 0.308 e. The van der Waals surface area contributed by atoms with E-state index >= 15 is 0 Å². The maximum atomic E-state index is 11.6. The van der Waals surface area contributed by atoms with Gasteiger partial charge in [-0.2, -0.15) is 4.98 Å². The van der Waals surface area contributed by atoms with E-state index in [1.165, 1.54) is 8.98 Å². The van der Waals surface area contributed by atoms with Crippen LogP contribution in [-0.4, -0.2) is 13.8 Å². The van der Waals surface area contributed by atoms with Gasteiger partial charge in [0.15, 0.2) is 0 Å². The summed E-state index contributed by atoms with van der Waals surface area (Å²) in [4.78, 5) is 26.5. The highest BCUT2D eigenvalue weighted by molar-refractivity contribution is 14.1. The van der Waals surface area contributed by atoms with E-state index in [1.807, 2.05) is 18.2 Å². The molecule has 0 unspecified atom stereocenters. The van der Waals surface area contributed by atoms with Gasteiger partial charge in [-0.05, 0) is 18.2 Å². The summed E-state index contributed by atoms with van der Waals surface area (Å²) in [7, 11) is 0. The van der Waals surface area contributed by atoms with E-state index in [9.17, 15) is 9.59 Å². The Balaban J connectivity index is 2.03. The van der Waals surface area contributed by atoms with Crippen molar-refractivity contribution in [3.05, 3.63) is 53.1 Å². The van der Waals surface area contributed by atoms with Crippen molar-refractivity contribution >= 4 is 40.4 Å². The molecule has 2 aromatic rings. The number of anilines is 2. The van der Waals surface area contributed by atoms with Gasteiger partial charge in [-0.3, -0.25) is 5.32 Å². The molecule has 1 aromatic heterocycles. The lowest BCUT2D eigenvalue weighted by molar-refractivity contribution is 0.262. The molecule has 1 heterocycles. The second kappa shape index (κ2) is 5.63. The van der Waals surface area contributed by atoms with Crippen molar-refractivity contribution in [2.75, 3.05) is 10.6 Å². The van der Waals surface area contributed by atoms with E-state index in [2.05, 4.69) is 15.6 Å². The fraction of sp³-hybridized carbons (Fsp3) is 0. The van der Waals surface area contributed by atoms with Gasteiger partial charge >= 0.3 is 11.7 Å². The van der Waals surface area contributed by atoms with Crippen LogP contribution in [0.4, 0.5) is 16.3 Å². The Morgan fingerprint density at radius 3 is 2.56 bits per heavy atom. The Hall–Kier alpha value is -1.90. The molecule has 6 nitrogen and oxygen atoms in total. The average molecular weight is 356 g/mol. The van der Waals surface area contributed by atoms with Gasteiger partial charge in [-0.1, -0.05) is 18.2 Å². The zero-order valence-corrected chi connectivity index (χ0v) is 11.3. The third kappa shape index (κ3) is 3.29. The van der Waals surface area contributed by atoms with E-state index in [1.54, 1.807) is 41.1 Å². The zero-order chi connectivity index (χ0) is 13.0. The minimum Gasteiger partial charge on any atom is -0.308 e. The SMILES string of the molecule is O=C(Nc1ccccc1)Nc1ccn(I)c(=O)n1. The number of aromatic nitrogens is 2. The number of carbonyl (C=O) groups excluding carboxylic acids is 1. The van der Waals surface area contributed by atoms with Gasteiger partial charge in [0.2, 0.25) is 0 Å². The maximum Gasteiger partial charge on any atom is 0.358 e. The zero-order valence-electron chi connectivity index (χ0n) is 9.13. The fourth-order valence-electron chi connectivity index (χ4n) is 1.26. The number of nitrogens with one attached hydrogen (secondary N) is 2. The number of hydrogen-bond acceptors (Lipinski definition) is 3. The predicted molar refractivity (Wildman–Crippen MR) is 77.0 cm³/mol. The summed E-state index contributed by atoms with van der Waals surface area (Å²) in [5.41, 5.74) is 0.227. The lowest BCUT2D eigenvalue weighted by atomic mass is 10.3. The van der Waals surface area contributed by atoms with Crippen LogP contribution < -0.4 is 16.3 Å². The van der Waals surface area contributed by atoms with Crippen LogP contribution in [0, 0.1) is 0 Å². The van der Waals surface area contributed by atoms with Gasteiger partial charge in [0.05, 0.1) is 22.9 Å². The molecular formula is C11H9IN4O2. The second-order valence-electron chi connectivity index (χ2n) is 3.35. The van der Waals surface area contributed by atoms with Gasteiger partial charge < -0.3 is 5.32 Å². The number of carbonyl (C=O) groups is 1. The first kappa shape index (κ1) is 12.6. The molecule has 92 valence electrons. The molecule has 2 amide bonds. The van der Waals surface area contributed by atoms with Crippen LogP contribution in [0.15, 0.2) is 47.4 Å². The molecule has 0 atom stereocenters. The highest BCUT2D eigenvalue weighted by Crippen LogP contribution is 2.06. The molecule has 2 N–H and O–H groups in total. The van der Waals surface area contributed by atoms with Crippen molar-refractivity contribution < 1.29 is 4.79 Å². The highest BCUT2D eigenvalue weighted by Gasteiger charge is 2.04. The summed E-state index contributed by atoms with van der Waals surface area (Å²) >= 11 is 1.81. The van der Waals surface area contributed by atoms with Gasteiger partial charge in [-0.15, -0.1) is 0 Å². The third-order valence-electron chi connectivity index (χ3n) is 2.04. The molecule has 1 aromatic carbocycles. The monoisotopic (exact) mass is 356 g/mol. The minimum atomic E-state index is -0.445. The van der Waals surface area contributed by atoms with Crippen molar-refractivity contribution in [2.24, 2.45) is 0 Å². The van der Waals surface area contributed by atoms with Gasteiger partial charge in [0.1, 0.15) is 5.82 Å². The maximum absolute atomic E-state index is 11.6. The number of halogens is 1. The van der Waals surface area contributed by atoms with Crippen LogP contribution in [0.3, 0.4) is 0 Å². The first-order chi connectivity index (χ1) is 8.65. The van der Waals surface area contributed by atoms with Crippen molar-refractivity contribution in [1.29, 1.82) is 0 Å². The van der Waals surface area contributed by atoms with E-state index in [0.29, 0.717) is 5.69 Å². The Morgan fingerprint density at radius 2 is 1.89 bits per heavy atom. The first-order valence-corrected chi connectivity index (χ1v) is 6.00. The summed E-state index contributed by atoms with van der Waals surface area (Å²) in [6.07, 6.45) is 1.52. The quantitative estimate of drug-likeness (QED) is 0.809. The van der Waals surface area contributed by atoms with Crippen LogP contribution in [0.5, 0.6) is 0 Å². The Bertz CT molecular complexity index is 612. The summed E-state index contributed by atoms with van der Waals surface area (Å²) in [5, 5.41) is 5.10. The van der Waals surface area contributed by atoms with Crippen LogP contribution >= 0.6 is 22.9 Å². The van der Waals surface area contributed by atoms with Crippen LogP contribution in [0.2, 0.25) is 0 Å². The standard InChI is InChI=1S/C11H9IN4O2/c12-16-7-6-9(15-11(16)18)14-10(17)13-8-4-2-1-3-5-8/h1-7H,(H2,13,14,15,17,18). The lowest BCUT2D eigenvalue weighted by Gasteiger charge is -2.06. The second-order valence-corrected chi connectivity index (χ2v) is 4.39. The van der Waals surface area contributed by atoms with Crippen LogP contribution in [-0.2, 0) is 0 Å². The highest BCUT2D eigenvalue weighted by atomic mass is 127. The number of urea groups is 1. The fourth-order valence-corrected chi connectivity index (χ4v) is 1.53. The Kier molecular flexibility index (Phi) is 3.92. The number of hydrogen-bond donors (Lipinski definition) is 2. The van der Waals surface area contributed by atoms with E-state index in [-0.39, 0.29) is 5.82 Å². The number of rotatable bonds is 2. The van der Waals surface area contributed by atoms with E-state index in [4.69, 9.17) is 0 Å². The number of benzene rings is 1. The molecule has 0 fully saturated rings. The Morgan fingerprint density at radius 1 is 1.17 bits per heavy atom. The molecule has 0 saturated heterocycles. The normalized spacial score (nSPS) is 9.83. The topological polar surface area (TPSA) is 76.0 Å². The van der Waals surface area contributed by atoms with Crippen LogP contribution in [0.25, 0.3) is 0 Å². The largest absolute Gasteiger partial charge is 0.358 e. The average Bonchev–Trinajstić information content (AvgIpc) is 2.35. The molecule has 0 aliphatic carbocycles. The molecule has 2 rings (SSSR count). The van der Waals surface area contributed by atoms with Gasteiger partial charge in [-0.25, -0.2) is 12.4 Å². The summed E-state index contributed by atoms with van der Waals surface area (Å²) in [6.45, 7) is 0. The summed E-state index contributed by atoms with van der Waals surface area (Å²) in [5.74, 6) is 0.210. The van der Waals surface area contributed by atoms with E-state index in [0.717, 1.165) is 0 Å². The number of nitrogens with zero attached hydrogens (tertiary/aromatic N) is 2. The summed E-state index contributed by atoms with van der Waals surface area (Å²) < 4.78 is 1.29. The third-order valence-corrected chi connectivity index (χ3v) is 2.77. The number of para-hydroxylation sites is 1. The predicted octanol–water partition coefficient (Wildman–Crippen LogP) is 2.09. The lowest BCUT2D eigenvalue weighted by Crippen LogP contribution is -2.23. The first-order valence-electron chi connectivity index (χ1n) is 5.04. The molecule has 0 spiro atoms. The number of amides is 2. The molecule has 0 radical (unpaired) electrons. The molecule has 7 heteroatoms. The van der Waals surface area contributed by atoms with E-state index < -0.39 is 11.7 Å². The molecule has 0 aliphatic rings. The minimum absolute atomic E-state index is 0.210. The molecule has 0 aliphatic heterocycles. The van der Waals surface area contributed by atoms with Gasteiger partial charge in [0.25, 0.3) is 0 Å². The molecule has 0 saturated carbocycles. The molecular weight excluding hydrogens is 347 g/mol. The van der Waals surface area contributed by atoms with Crippen molar-refractivity contribution in [1.82, 2.24) is 7.76 Å². The van der Waals surface area contributed by atoms with Gasteiger partial charge in [0, 0.05) is 11.9 Å². The van der Waals surface area contributed by atoms with Crippen molar-refractivity contribution in [3.8, 4) is 0 Å². The van der Waals surface area contributed by atoms with Crippen LogP contribution in [0.1, 0.15) is 0 Å². The molecule has 18 heavy (non-hydrogen) atoms. The van der Waals surface area contributed by atoms with Crippen molar-refractivity contribution in [2.45, 2.75) is 0 Å². The summed E-state index contributed by atoms with van der Waals surface area (Å²) in [6, 6.07) is 10.1. The Labute approximate surface area is 117 Å². The molecule has 0 bridgehead atoms. The van der Waals surface area contributed by atoms with Crippen molar-refractivity contribution in [3.63, 3.8) is 0 Å².